The van der Waals surface area contributed by atoms with Crippen molar-refractivity contribution in [1.29, 1.82) is 0 Å². The highest BCUT2D eigenvalue weighted by Crippen LogP contribution is 2.25. The van der Waals surface area contributed by atoms with Crippen molar-refractivity contribution in [1.82, 2.24) is 4.72 Å². The van der Waals surface area contributed by atoms with E-state index < -0.39 is 34.4 Å². The molecule has 1 unspecified atom stereocenters. The molecule has 0 heterocycles. The molecule has 1 rings (SSSR count). The van der Waals surface area contributed by atoms with Crippen LogP contribution < -0.4 is 4.72 Å². The molecule has 0 bridgehead atoms. The van der Waals surface area contributed by atoms with E-state index in [-0.39, 0.29) is 9.92 Å². The van der Waals surface area contributed by atoms with Crippen molar-refractivity contribution in [3.05, 3.63) is 27.7 Å². The van der Waals surface area contributed by atoms with E-state index in [1.54, 1.807) is 4.72 Å². The number of benzene rings is 1. The van der Waals surface area contributed by atoms with E-state index >= 15 is 0 Å². The molecule has 0 spiro atoms. The van der Waals surface area contributed by atoms with Gasteiger partial charge in [-0.1, -0.05) is 27.5 Å². The molecule has 0 aliphatic heterocycles. The number of halogens is 2. The first kappa shape index (κ1) is 16.9. The monoisotopic (exact) mass is 385 g/mol. The second kappa shape index (κ2) is 6.53. The molecule has 20 heavy (non-hydrogen) atoms. The fourth-order valence-corrected chi connectivity index (χ4v) is 3.52. The molecule has 1 aromatic carbocycles. The van der Waals surface area contributed by atoms with Gasteiger partial charge in [0.2, 0.25) is 10.0 Å². The average Bonchev–Trinajstić information content (AvgIpc) is 2.26. The summed E-state index contributed by atoms with van der Waals surface area (Å²) in [7, 11) is -4.24. The molecule has 0 aromatic heterocycles. The highest BCUT2D eigenvalue weighted by Gasteiger charge is 2.28. The van der Waals surface area contributed by atoms with E-state index in [2.05, 4.69) is 15.9 Å². The Bertz CT molecular complexity index is 647. The maximum atomic E-state index is 12.0. The standard InChI is InChI=1S/C10H9BrClNO6S/c11-5-1-2-8(6(12)3-5)20(18,19)13-7(10(16)17)4-9(14)15/h1-3,7,13H,4H2,(H,14,15)(H,16,17). The van der Waals surface area contributed by atoms with E-state index in [1.165, 1.54) is 18.2 Å². The maximum Gasteiger partial charge on any atom is 0.322 e. The Morgan fingerprint density at radius 3 is 2.40 bits per heavy atom. The lowest BCUT2D eigenvalue weighted by Gasteiger charge is -2.13. The molecule has 0 amide bonds. The SMILES string of the molecule is O=C(O)CC(NS(=O)(=O)c1ccc(Br)cc1Cl)C(=O)O. The summed E-state index contributed by atoms with van der Waals surface area (Å²) >= 11 is 8.87. The van der Waals surface area contributed by atoms with Crippen molar-refractivity contribution in [2.75, 3.05) is 0 Å². The summed E-state index contributed by atoms with van der Waals surface area (Å²) in [6.45, 7) is 0. The fraction of sp³-hybridized carbons (Fsp3) is 0.200. The molecule has 1 aromatic rings. The number of hydrogen-bond acceptors (Lipinski definition) is 4. The quantitative estimate of drug-likeness (QED) is 0.678. The number of sulfonamides is 1. The minimum atomic E-state index is -4.24. The summed E-state index contributed by atoms with van der Waals surface area (Å²) in [6.07, 6.45) is -0.886. The van der Waals surface area contributed by atoms with Crippen LogP contribution in [0, 0.1) is 0 Å². The van der Waals surface area contributed by atoms with Crippen LogP contribution in [0.3, 0.4) is 0 Å². The summed E-state index contributed by atoms with van der Waals surface area (Å²) < 4.78 is 26.3. The minimum absolute atomic E-state index is 0.119. The Kier molecular flexibility index (Phi) is 5.51. The fourth-order valence-electron chi connectivity index (χ4n) is 1.30. The predicted molar refractivity (Wildman–Crippen MR) is 73.2 cm³/mol. The van der Waals surface area contributed by atoms with Crippen LogP contribution in [0.1, 0.15) is 6.42 Å². The minimum Gasteiger partial charge on any atom is -0.481 e. The highest BCUT2D eigenvalue weighted by atomic mass is 79.9. The van der Waals surface area contributed by atoms with Crippen molar-refractivity contribution in [3.8, 4) is 0 Å². The summed E-state index contributed by atoms with van der Waals surface area (Å²) in [5.74, 6) is -3.04. The molecule has 10 heteroatoms. The van der Waals surface area contributed by atoms with Crippen molar-refractivity contribution >= 4 is 49.5 Å². The molecule has 0 aliphatic rings. The smallest absolute Gasteiger partial charge is 0.322 e. The first-order valence-electron chi connectivity index (χ1n) is 5.05. The molecule has 7 nitrogen and oxygen atoms in total. The second-order valence-corrected chi connectivity index (χ2v) is 6.69. The van der Waals surface area contributed by atoms with E-state index in [1.807, 2.05) is 0 Å². The average molecular weight is 387 g/mol. The lowest BCUT2D eigenvalue weighted by Crippen LogP contribution is -2.42. The number of nitrogens with one attached hydrogen (secondary N) is 1. The van der Waals surface area contributed by atoms with Crippen molar-refractivity contribution in [3.63, 3.8) is 0 Å². The van der Waals surface area contributed by atoms with E-state index in [4.69, 9.17) is 21.8 Å². The van der Waals surface area contributed by atoms with E-state index in [0.29, 0.717) is 4.47 Å². The first-order valence-corrected chi connectivity index (χ1v) is 7.71. The molecule has 0 radical (unpaired) electrons. The zero-order valence-corrected chi connectivity index (χ0v) is 12.9. The zero-order chi connectivity index (χ0) is 15.5. The molecular formula is C10H9BrClNO6S. The Labute approximate surface area is 127 Å². The second-order valence-electron chi connectivity index (χ2n) is 3.68. The third-order valence-electron chi connectivity index (χ3n) is 2.16. The van der Waals surface area contributed by atoms with Gasteiger partial charge in [-0.05, 0) is 18.2 Å². The van der Waals surface area contributed by atoms with Crippen molar-refractivity contribution < 1.29 is 28.2 Å². The maximum absolute atomic E-state index is 12.0. The summed E-state index contributed by atoms with van der Waals surface area (Å²) in [5, 5.41) is 17.3. The summed E-state index contributed by atoms with van der Waals surface area (Å²) in [6, 6.07) is 2.13. The zero-order valence-electron chi connectivity index (χ0n) is 9.71. The largest absolute Gasteiger partial charge is 0.481 e. The summed E-state index contributed by atoms with van der Waals surface area (Å²) in [4.78, 5) is 21.0. The van der Waals surface area contributed by atoms with Crippen molar-refractivity contribution in [2.24, 2.45) is 0 Å². The lowest BCUT2D eigenvalue weighted by atomic mass is 10.2. The van der Waals surface area contributed by atoms with Crippen molar-refractivity contribution in [2.45, 2.75) is 17.4 Å². The normalized spacial score (nSPS) is 12.9. The van der Waals surface area contributed by atoms with Gasteiger partial charge in [0.1, 0.15) is 10.9 Å². The van der Waals surface area contributed by atoms with Crippen LogP contribution in [0.5, 0.6) is 0 Å². The van der Waals surface area contributed by atoms with E-state index in [9.17, 15) is 18.0 Å². The molecule has 110 valence electrons. The van der Waals surface area contributed by atoms with Gasteiger partial charge < -0.3 is 10.2 Å². The van der Waals surface area contributed by atoms with Crippen LogP contribution in [-0.4, -0.2) is 36.6 Å². The van der Waals surface area contributed by atoms with Crippen LogP contribution in [0.4, 0.5) is 0 Å². The molecule has 0 saturated carbocycles. The van der Waals surface area contributed by atoms with Gasteiger partial charge in [-0.3, -0.25) is 9.59 Å². The Balaban J connectivity index is 3.09. The number of hydrogen-bond donors (Lipinski definition) is 3. The Hall–Kier alpha value is -1.16. The van der Waals surface area contributed by atoms with Crippen LogP contribution in [0.15, 0.2) is 27.6 Å². The topological polar surface area (TPSA) is 121 Å². The van der Waals surface area contributed by atoms with Gasteiger partial charge in [0.25, 0.3) is 0 Å². The highest BCUT2D eigenvalue weighted by molar-refractivity contribution is 9.10. The predicted octanol–water partition coefficient (Wildman–Crippen LogP) is 1.31. The number of aliphatic carboxylic acids is 2. The van der Waals surface area contributed by atoms with Gasteiger partial charge >= 0.3 is 11.9 Å². The molecule has 1 atom stereocenters. The van der Waals surface area contributed by atoms with E-state index in [0.717, 1.165) is 0 Å². The van der Waals surface area contributed by atoms with Gasteiger partial charge in [0.15, 0.2) is 0 Å². The van der Waals surface area contributed by atoms with Crippen LogP contribution in [-0.2, 0) is 19.6 Å². The van der Waals surface area contributed by atoms with Crippen LogP contribution in [0.2, 0.25) is 5.02 Å². The van der Waals surface area contributed by atoms with Crippen LogP contribution in [0.25, 0.3) is 0 Å². The van der Waals surface area contributed by atoms with Gasteiger partial charge in [-0.2, -0.15) is 4.72 Å². The molecule has 0 aliphatic carbocycles. The Morgan fingerprint density at radius 2 is 1.95 bits per heavy atom. The summed E-state index contributed by atoms with van der Waals surface area (Å²) in [5.41, 5.74) is 0. The third kappa shape index (κ3) is 4.44. The number of carboxylic acid groups (broad SMARTS) is 2. The van der Waals surface area contributed by atoms with Crippen LogP contribution >= 0.6 is 27.5 Å². The lowest BCUT2D eigenvalue weighted by molar-refractivity contribution is -0.145. The molecular weight excluding hydrogens is 378 g/mol. The number of carboxylic acids is 2. The van der Waals surface area contributed by atoms with Gasteiger partial charge in [-0.15, -0.1) is 0 Å². The molecule has 0 fully saturated rings. The number of rotatable bonds is 6. The van der Waals surface area contributed by atoms with Gasteiger partial charge in [-0.25, -0.2) is 8.42 Å². The Morgan fingerprint density at radius 1 is 1.35 bits per heavy atom. The third-order valence-corrected chi connectivity index (χ3v) is 4.61. The number of carbonyl (C=O) groups is 2. The van der Waals surface area contributed by atoms with Gasteiger partial charge in [0, 0.05) is 4.47 Å². The first-order chi connectivity index (χ1) is 9.13. The van der Waals surface area contributed by atoms with Gasteiger partial charge in [0.05, 0.1) is 11.4 Å². The molecule has 0 saturated heterocycles. The molecule has 3 N–H and O–H groups in total.